The Labute approximate surface area is 57.7 Å². The Morgan fingerprint density at radius 2 is 1.00 bits per heavy atom. The second-order valence-electron chi connectivity index (χ2n) is 1.41. The first kappa shape index (κ1) is 7.13. The minimum absolute atomic E-state index is 0. The van der Waals surface area contributed by atoms with Crippen LogP contribution < -0.4 is 0 Å². The Balaban J connectivity index is 0.000000360. The molecule has 0 heterocycles. The van der Waals surface area contributed by atoms with E-state index < -0.39 is 0 Å². The third-order valence-electron chi connectivity index (χ3n) is 0.878. The number of allylic oxidation sites excluding steroid dienone is 4. The van der Waals surface area contributed by atoms with Gasteiger partial charge in [0.2, 0.25) is 0 Å². The molecule has 0 saturated carbocycles. The smallest absolute Gasteiger partial charge is 0 e. The topological polar surface area (TPSA) is 0 Å². The molecule has 1 aliphatic carbocycles. The number of hydrogen-bond acceptors (Lipinski definition) is 0. The molecule has 0 fully saturated rings. The first-order valence-corrected chi connectivity index (χ1v) is 2.30. The predicted molar refractivity (Wildman–Crippen MR) is 27.5 cm³/mol. The van der Waals surface area contributed by atoms with E-state index in [1.165, 1.54) is 0 Å². The van der Waals surface area contributed by atoms with Crippen LogP contribution in [-0.2, 0) is 20.1 Å². The fourth-order valence-corrected chi connectivity index (χ4v) is 0.542. The molecule has 1 aliphatic rings. The van der Waals surface area contributed by atoms with Gasteiger partial charge >= 0.3 is 0 Å². The Hall–Kier alpha value is 0.129. The summed E-state index contributed by atoms with van der Waals surface area (Å²) in [7, 11) is 0. The van der Waals surface area contributed by atoms with Crippen LogP contribution in [-0.4, -0.2) is 0 Å². The Morgan fingerprint density at radius 3 is 1.14 bits per heavy atom. The van der Waals surface area contributed by atoms with E-state index >= 15 is 0 Å². The largest absolute Gasteiger partial charge is 0.0844 e. The van der Waals surface area contributed by atoms with Crippen molar-refractivity contribution in [1.82, 2.24) is 0 Å². The number of rotatable bonds is 0. The fourth-order valence-electron chi connectivity index (χ4n) is 0.542. The second kappa shape index (κ2) is 4.29. The molecule has 41 valence electrons. The van der Waals surface area contributed by atoms with Gasteiger partial charge in [-0.25, -0.2) is 0 Å². The van der Waals surface area contributed by atoms with Crippen LogP contribution in [0.1, 0.15) is 12.8 Å². The van der Waals surface area contributed by atoms with Crippen molar-refractivity contribution in [2.24, 2.45) is 0 Å². The molecule has 1 heteroatoms. The van der Waals surface area contributed by atoms with Crippen molar-refractivity contribution in [3.05, 3.63) is 24.3 Å². The molecular formula is C6H8Ir. The molecule has 0 saturated heterocycles. The summed E-state index contributed by atoms with van der Waals surface area (Å²) < 4.78 is 0. The first-order chi connectivity index (χ1) is 3.00. The van der Waals surface area contributed by atoms with Crippen LogP contribution in [0.15, 0.2) is 24.3 Å². The van der Waals surface area contributed by atoms with Crippen LogP contribution in [0.5, 0.6) is 0 Å². The average molecular weight is 272 g/mol. The summed E-state index contributed by atoms with van der Waals surface area (Å²) in [5.41, 5.74) is 0. The molecule has 0 N–H and O–H groups in total. The summed E-state index contributed by atoms with van der Waals surface area (Å²) in [6.45, 7) is 0. The molecule has 0 aromatic heterocycles. The van der Waals surface area contributed by atoms with Gasteiger partial charge in [0.05, 0.1) is 0 Å². The van der Waals surface area contributed by atoms with Crippen molar-refractivity contribution in [2.75, 3.05) is 0 Å². The average Bonchev–Trinajstić information content (AvgIpc) is 1.72. The maximum absolute atomic E-state index is 2.18. The summed E-state index contributed by atoms with van der Waals surface area (Å²) in [6, 6.07) is 0. The van der Waals surface area contributed by atoms with E-state index in [2.05, 4.69) is 24.3 Å². The molecule has 0 spiro atoms. The summed E-state index contributed by atoms with van der Waals surface area (Å²) in [4.78, 5) is 0. The van der Waals surface area contributed by atoms with Crippen molar-refractivity contribution in [3.63, 3.8) is 0 Å². The van der Waals surface area contributed by atoms with Crippen LogP contribution in [0.25, 0.3) is 0 Å². The first-order valence-electron chi connectivity index (χ1n) is 2.30. The zero-order valence-electron chi connectivity index (χ0n) is 4.06. The van der Waals surface area contributed by atoms with Crippen LogP contribution in [0.4, 0.5) is 0 Å². The van der Waals surface area contributed by atoms with Crippen LogP contribution >= 0.6 is 0 Å². The molecule has 0 bridgehead atoms. The quantitative estimate of drug-likeness (QED) is 0.591. The van der Waals surface area contributed by atoms with Crippen molar-refractivity contribution in [3.8, 4) is 0 Å². The standard InChI is InChI=1S/C6H8.Ir/c1-2-4-6-5-3-1;/h1-2,5-6H,3-4H2;. The molecule has 0 atom stereocenters. The zero-order valence-corrected chi connectivity index (χ0v) is 6.45. The van der Waals surface area contributed by atoms with Gasteiger partial charge in [0.25, 0.3) is 0 Å². The third-order valence-corrected chi connectivity index (χ3v) is 0.878. The Bertz CT molecular complexity index is 62.2. The molecule has 0 aromatic rings. The molecule has 1 radical (unpaired) electrons. The van der Waals surface area contributed by atoms with Crippen LogP contribution in [0.3, 0.4) is 0 Å². The molecular weight excluding hydrogens is 264 g/mol. The minimum atomic E-state index is 0. The van der Waals surface area contributed by atoms with Crippen molar-refractivity contribution in [1.29, 1.82) is 0 Å². The third kappa shape index (κ3) is 2.78. The Morgan fingerprint density at radius 1 is 0.714 bits per heavy atom. The SMILES string of the molecule is C1=CCC=CC1.[Ir]. The van der Waals surface area contributed by atoms with Gasteiger partial charge in [-0.1, -0.05) is 24.3 Å². The molecule has 0 unspecified atom stereocenters. The van der Waals surface area contributed by atoms with Gasteiger partial charge in [0.15, 0.2) is 0 Å². The van der Waals surface area contributed by atoms with E-state index in [9.17, 15) is 0 Å². The Kier molecular flexibility index (Phi) is 4.37. The van der Waals surface area contributed by atoms with Crippen LogP contribution in [0.2, 0.25) is 0 Å². The van der Waals surface area contributed by atoms with E-state index in [-0.39, 0.29) is 20.1 Å². The second-order valence-corrected chi connectivity index (χ2v) is 1.41. The normalized spacial score (nSPS) is 16.0. The molecule has 7 heavy (non-hydrogen) atoms. The van der Waals surface area contributed by atoms with Crippen molar-refractivity contribution >= 4 is 0 Å². The fraction of sp³-hybridized carbons (Fsp3) is 0.333. The van der Waals surface area contributed by atoms with Gasteiger partial charge < -0.3 is 0 Å². The van der Waals surface area contributed by atoms with Gasteiger partial charge in [-0.3, -0.25) is 0 Å². The maximum atomic E-state index is 2.18. The molecule has 0 aliphatic heterocycles. The van der Waals surface area contributed by atoms with E-state index in [0.29, 0.717) is 0 Å². The van der Waals surface area contributed by atoms with E-state index in [1.807, 2.05) is 0 Å². The molecule has 1 rings (SSSR count). The van der Waals surface area contributed by atoms with Gasteiger partial charge in [-0.15, -0.1) is 0 Å². The summed E-state index contributed by atoms with van der Waals surface area (Å²) in [6.07, 6.45) is 11.0. The minimum Gasteiger partial charge on any atom is -0.0844 e. The molecule has 0 nitrogen and oxygen atoms in total. The van der Waals surface area contributed by atoms with Crippen molar-refractivity contribution < 1.29 is 20.1 Å². The maximum Gasteiger partial charge on any atom is 0 e. The van der Waals surface area contributed by atoms with Gasteiger partial charge in [0.1, 0.15) is 0 Å². The zero-order chi connectivity index (χ0) is 4.24. The van der Waals surface area contributed by atoms with E-state index in [1.54, 1.807) is 0 Å². The van der Waals surface area contributed by atoms with Gasteiger partial charge in [-0.2, -0.15) is 0 Å². The van der Waals surface area contributed by atoms with Crippen LogP contribution in [0, 0.1) is 0 Å². The summed E-state index contributed by atoms with van der Waals surface area (Å²) in [5, 5.41) is 0. The monoisotopic (exact) mass is 273 g/mol. The van der Waals surface area contributed by atoms with E-state index in [4.69, 9.17) is 0 Å². The molecule has 0 amide bonds. The van der Waals surface area contributed by atoms with Crippen molar-refractivity contribution in [2.45, 2.75) is 12.8 Å². The molecule has 0 aromatic carbocycles. The van der Waals surface area contributed by atoms with E-state index in [0.717, 1.165) is 12.8 Å². The summed E-state index contributed by atoms with van der Waals surface area (Å²) in [5.74, 6) is 0. The number of hydrogen-bond donors (Lipinski definition) is 0. The van der Waals surface area contributed by atoms with Gasteiger partial charge in [-0.05, 0) is 12.8 Å². The predicted octanol–water partition coefficient (Wildman–Crippen LogP) is 1.89. The summed E-state index contributed by atoms with van der Waals surface area (Å²) >= 11 is 0. The van der Waals surface area contributed by atoms with Gasteiger partial charge in [0, 0.05) is 20.1 Å².